The normalized spacial score (nSPS) is 42.4. The van der Waals surface area contributed by atoms with Crippen LogP contribution in [-0.4, -0.2) is 15.5 Å². The molecule has 0 aromatic carbocycles. The molecule has 1 rings (SSSR count). The van der Waals surface area contributed by atoms with Crippen molar-refractivity contribution in [1.29, 1.82) is 0 Å². The molecule has 9 heavy (non-hydrogen) atoms. The first-order chi connectivity index (χ1) is 4.25. The van der Waals surface area contributed by atoms with Crippen molar-refractivity contribution in [2.24, 2.45) is 5.92 Å². The summed E-state index contributed by atoms with van der Waals surface area (Å²) in [6.07, 6.45) is 5.54. The second-order valence-corrected chi connectivity index (χ2v) is 3.62. The first-order valence-electron chi connectivity index (χ1n) is 2.73. The Balaban J connectivity index is 2.64. The molecular weight excluding hydrogens is 139 g/mol. The van der Waals surface area contributed by atoms with E-state index in [1.165, 1.54) is 0 Å². The number of alkyl halides is 1. The molecule has 1 aliphatic heterocycles. The molecule has 0 radical (unpaired) electrons. The fourth-order valence-electron chi connectivity index (χ4n) is 0.829. The number of hydrogen-bond donors (Lipinski definition) is 0. The lowest BCUT2D eigenvalue weighted by molar-refractivity contribution is 0.381. The minimum Gasteiger partial charge on any atom is -0.257 e. The monoisotopic (exact) mass is 146 g/mol. The predicted molar refractivity (Wildman–Crippen MR) is 34.8 cm³/mol. The molecule has 1 saturated heterocycles. The Morgan fingerprint density at radius 2 is 2.44 bits per heavy atom. The zero-order chi connectivity index (χ0) is 6.85. The highest BCUT2D eigenvalue weighted by Crippen LogP contribution is 2.23. The average Bonchev–Trinajstić information content (AvgIpc) is 2.15. The Hall–Kier alpha value is -0.360. The van der Waals surface area contributed by atoms with Crippen molar-refractivity contribution in [3.8, 4) is 12.3 Å². The van der Waals surface area contributed by atoms with Gasteiger partial charge in [0, 0.05) is 5.75 Å². The predicted octanol–water partition coefficient (Wildman–Crippen LogP) is 0.684. The summed E-state index contributed by atoms with van der Waals surface area (Å²) in [4.78, 5) is 0. The number of rotatable bonds is 0. The van der Waals surface area contributed by atoms with E-state index in [1.807, 2.05) is 0 Å². The van der Waals surface area contributed by atoms with Crippen LogP contribution in [-0.2, 0) is 10.8 Å². The summed E-state index contributed by atoms with van der Waals surface area (Å²) in [5.41, 5.74) is -1.27. The molecule has 1 nitrogen and oxygen atoms in total. The molecule has 1 heterocycles. The van der Waals surface area contributed by atoms with Gasteiger partial charge in [-0.05, 0) is 6.42 Å². The third-order valence-electron chi connectivity index (χ3n) is 1.41. The topological polar surface area (TPSA) is 17.1 Å². The van der Waals surface area contributed by atoms with E-state index in [1.54, 1.807) is 0 Å². The second-order valence-electron chi connectivity index (χ2n) is 2.00. The van der Waals surface area contributed by atoms with E-state index in [0.717, 1.165) is 0 Å². The zero-order valence-corrected chi connectivity index (χ0v) is 5.66. The Morgan fingerprint density at radius 3 is 2.67 bits per heavy atom. The van der Waals surface area contributed by atoms with Gasteiger partial charge in [-0.3, -0.25) is 4.21 Å². The van der Waals surface area contributed by atoms with Crippen molar-refractivity contribution in [3.05, 3.63) is 0 Å². The summed E-state index contributed by atoms with van der Waals surface area (Å²) in [5, 5.41) is 0. The molecule has 1 aliphatic rings. The number of halogens is 1. The molecule has 0 aromatic rings. The van der Waals surface area contributed by atoms with Crippen LogP contribution < -0.4 is 0 Å². The van der Waals surface area contributed by atoms with Gasteiger partial charge in [0.05, 0.1) is 16.7 Å². The lowest BCUT2D eigenvalue weighted by Gasteiger charge is -1.99. The first-order valence-corrected chi connectivity index (χ1v) is 4.11. The van der Waals surface area contributed by atoms with Gasteiger partial charge in [0.15, 0.2) is 5.50 Å². The van der Waals surface area contributed by atoms with Gasteiger partial charge in [-0.15, -0.1) is 6.42 Å². The molecule has 0 saturated carbocycles. The van der Waals surface area contributed by atoms with E-state index < -0.39 is 22.2 Å². The van der Waals surface area contributed by atoms with Crippen LogP contribution in [0.4, 0.5) is 4.39 Å². The standard InChI is InChI=1S/C6H7FOS/c1-2-5-3-4-9(8)6(5)7/h1,5-6H,3-4H2. The quantitative estimate of drug-likeness (QED) is 0.459. The van der Waals surface area contributed by atoms with Crippen molar-refractivity contribution in [1.82, 2.24) is 0 Å². The highest BCUT2D eigenvalue weighted by atomic mass is 32.2. The van der Waals surface area contributed by atoms with Crippen LogP contribution in [0.1, 0.15) is 6.42 Å². The summed E-state index contributed by atoms with van der Waals surface area (Å²) in [6, 6.07) is 0. The van der Waals surface area contributed by atoms with Gasteiger partial charge in [-0.25, -0.2) is 4.39 Å². The van der Waals surface area contributed by atoms with Gasteiger partial charge in [-0.1, -0.05) is 5.92 Å². The Kier molecular flexibility index (Phi) is 1.87. The van der Waals surface area contributed by atoms with Crippen LogP contribution in [0.2, 0.25) is 0 Å². The molecule has 3 unspecified atom stereocenters. The van der Waals surface area contributed by atoms with Gasteiger partial charge >= 0.3 is 0 Å². The van der Waals surface area contributed by atoms with E-state index in [2.05, 4.69) is 5.92 Å². The van der Waals surface area contributed by atoms with Crippen LogP contribution in [0.3, 0.4) is 0 Å². The molecular formula is C6H7FOS. The Bertz CT molecular complexity index is 172. The highest BCUT2D eigenvalue weighted by molar-refractivity contribution is 7.85. The number of terminal acetylenes is 1. The van der Waals surface area contributed by atoms with Crippen molar-refractivity contribution < 1.29 is 8.60 Å². The first kappa shape index (κ1) is 6.76. The molecule has 3 atom stereocenters. The van der Waals surface area contributed by atoms with Gasteiger partial charge in [0.25, 0.3) is 0 Å². The Labute approximate surface area is 56.1 Å². The molecule has 0 aliphatic carbocycles. The molecule has 50 valence electrons. The lowest BCUT2D eigenvalue weighted by Crippen LogP contribution is -2.09. The minimum atomic E-state index is -1.31. The summed E-state index contributed by atoms with van der Waals surface area (Å²) < 4.78 is 23.1. The van der Waals surface area contributed by atoms with E-state index in [4.69, 9.17) is 6.42 Å². The summed E-state index contributed by atoms with van der Waals surface area (Å²) in [5.74, 6) is 2.31. The van der Waals surface area contributed by atoms with Crippen molar-refractivity contribution in [2.75, 3.05) is 5.75 Å². The van der Waals surface area contributed by atoms with Gasteiger partial charge < -0.3 is 0 Å². The Morgan fingerprint density at radius 1 is 1.78 bits per heavy atom. The summed E-state index contributed by atoms with van der Waals surface area (Å²) in [7, 11) is -1.31. The van der Waals surface area contributed by atoms with Crippen molar-refractivity contribution in [2.45, 2.75) is 11.9 Å². The molecule has 0 N–H and O–H groups in total. The average molecular weight is 146 g/mol. The summed E-state index contributed by atoms with van der Waals surface area (Å²) >= 11 is 0. The minimum absolute atomic E-state index is 0.397. The van der Waals surface area contributed by atoms with E-state index in [0.29, 0.717) is 12.2 Å². The van der Waals surface area contributed by atoms with Crippen molar-refractivity contribution in [3.63, 3.8) is 0 Å². The molecule has 0 aromatic heterocycles. The fraction of sp³-hybridized carbons (Fsp3) is 0.667. The zero-order valence-electron chi connectivity index (χ0n) is 4.84. The van der Waals surface area contributed by atoms with Gasteiger partial charge in [0.1, 0.15) is 0 Å². The third-order valence-corrected chi connectivity index (χ3v) is 2.88. The molecule has 0 spiro atoms. The summed E-state index contributed by atoms with van der Waals surface area (Å²) in [6.45, 7) is 0. The molecule has 3 heteroatoms. The van der Waals surface area contributed by atoms with Crippen molar-refractivity contribution >= 4 is 10.8 Å². The molecule has 0 amide bonds. The molecule has 1 fully saturated rings. The second kappa shape index (κ2) is 2.49. The van der Waals surface area contributed by atoms with Crippen LogP contribution in [0.5, 0.6) is 0 Å². The third kappa shape index (κ3) is 1.13. The smallest absolute Gasteiger partial charge is 0.188 e. The maximum Gasteiger partial charge on any atom is 0.188 e. The molecule has 0 bridgehead atoms. The van der Waals surface area contributed by atoms with Crippen LogP contribution in [0.25, 0.3) is 0 Å². The lowest BCUT2D eigenvalue weighted by atomic mass is 10.1. The van der Waals surface area contributed by atoms with Crippen LogP contribution in [0, 0.1) is 18.3 Å². The highest BCUT2D eigenvalue weighted by Gasteiger charge is 2.31. The van der Waals surface area contributed by atoms with Crippen LogP contribution >= 0.6 is 0 Å². The van der Waals surface area contributed by atoms with E-state index in [9.17, 15) is 8.60 Å². The van der Waals surface area contributed by atoms with E-state index in [-0.39, 0.29) is 0 Å². The fourth-order valence-corrected chi connectivity index (χ4v) is 2.12. The number of hydrogen-bond acceptors (Lipinski definition) is 1. The maximum absolute atomic E-state index is 12.5. The van der Waals surface area contributed by atoms with Crippen LogP contribution in [0.15, 0.2) is 0 Å². The SMILES string of the molecule is C#CC1CCS(=O)C1F. The maximum atomic E-state index is 12.5. The van der Waals surface area contributed by atoms with E-state index >= 15 is 0 Å². The largest absolute Gasteiger partial charge is 0.257 e. The van der Waals surface area contributed by atoms with Gasteiger partial charge in [0.2, 0.25) is 0 Å². The van der Waals surface area contributed by atoms with Gasteiger partial charge in [-0.2, -0.15) is 0 Å².